The number of rotatable bonds is 2. The molecular weight excluding hydrogens is 538 g/mol. The SMILES string of the molecule is c1ccc2cc3c(cc2c1)c1c2ccccc2ccc1n3-c1nc(-c2ccc3c(c2)oc2ccccc23)nc2ccccc12. The van der Waals surface area contributed by atoms with E-state index in [0.29, 0.717) is 5.82 Å². The van der Waals surface area contributed by atoms with Gasteiger partial charge in [-0.05, 0) is 70.1 Å². The van der Waals surface area contributed by atoms with Crippen molar-refractivity contribution in [2.75, 3.05) is 0 Å². The molecule has 0 bridgehead atoms. The van der Waals surface area contributed by atoms with Gasteiger partial charge >= 0.3 is 0 Å². The molecule has 0 atom stereocenters. The first kappa shape index (κ1) is 23.6. The van der Waals surface area contributed by atoms with Crippen molar-refractivity contribution in [2.45, 2.75) is 0 Å². The standard InChI is InChI=1S/C40H23N3O/c1-2-11-26-22-35-32(21-25(26)10-1)38-28-12-4-3-9-24(28)18-20-34(38)43(35)40-31-14-5-7-15-33(31)41-39(42-40)27-17-19-30-29-13-6-8-16-36(29)44-37(30)23-27/h1-23H. The van der Waals surface area contributed by atoms with Gasteiger partial charge in [0.2, 0.25) is 0 Å². The zero-order valence-electron chi connectivity index (χ0n) is 23.5. The van der Waals surface area contributed by atoms with E-state index in [0.717, 1.165) is 55.3 Å². The van der Waals surface area contributed by atoms with Gasteiger partial charge in [-0.3, -0.25) is 4.57 Å². The van der Waals surface area contributed by atoms with Gasteiger partial charge in [0.15, 0.2) is 5.82 Å². The molecule has 10 rings (SSSR count). The Kier molecular flexibility index (Phi) is 4.69. The Balaban J connectivity index is 1.33. The molecule has 0 spiro atoms. The zero-order chi connectivity index (χ0) is 28.8. The summed E-state index contributed by atoms with van der Waals surface area (Å²) in [6, 6.07) is 49.0. The molecular formula is C40H23N3O. The Morgan fingerprint density at radius 1 is 0.455 bits per heavy atom. The van der Waals surface area contributed by atoms with Crippen LogP contribution in [0.4, 0.5) is 0 Å². The summed E-state index contributed by atoms with van der Waals surface area (Å²) in [4.78, 5) is 10.4. The fourth-order valence-corrected chi connectivity index (χ4v) is 6.93. The third kappa shape index (κ3) is 3.28. The number of nitrogens with zero attached hydrogens (tertiary/aromatic N) is 3. The van der Waals surface area contributed by atoms with Gasteiger partial charge in [0.25, 0.3) is 0 Å². The highest BCUT2D eigenvalue weighted by Gasteiger charge is 2.20. The molecule has 0 saturated carbocycles. The minimum atomic E-state index is 0.664. The highest BCUT2D eigenvalue weighted by Crippen LogP contribution is 2.40. The molecule has 44 heavy (non-hydrogen) atoms. The maximum absolute atomic E-state index is 6.24. The second kappa shape index (κ2) is 8.76. The maximum Gasteiger partial charge on any atom is 0.162 e. The van der Waals surface area contributed by atoms with E-state index in [-0.39, 0.29) is 0 Å². The first-order valence-corrected chi connectivity index (χ1v) is 14.8. The van der Waals surface area contributed by atoms with Crippen molar-refractivity contribution in [2.24, 2.45) is 0 Å². The van der Waals surface area contributed by atoms with Crippen molar-refractivity contribution in [1.29, 1.82) is 0 Å². The van der Waals surface area contributed by atoms with E-state index in [4.69, 9.17) is 14.4 Å². The maximum atomic E-state index is 6.24. The van der Waals surface area contributed by atoms with Crippen molar-refractivity contribution in [1.82, 2.24) is 14.5 Å². The molecule has 0 unspecified atom stereocenters. The summed E-state index contributed by atoms with van der Waals surface area (Å²) in [6.45, 7) is 0. The van der Waals surface area contributed by atoms with Gasteiger partial charge in [0.1, 0.15) is 17.0 Å². The van der Waals surface area contributed by atoms with Gasteiger partial charge in [-0.25, -0.2) is 9.97 Å². The molecule has 0 saturated heterocycles. The van der Waals surface area contributed by atoms with E-state index in [1.165, 1.54) is 32.3 Å². The van der Waals surface area contributed by atoms with Gasteiger partial charge in [0.05, 0.1) is 16.6 Å². The van der Waals surface area contributed by atoms with Crippen LogP contribution < -0.4 is 0 Å². The second-order valence-electron chi connectivity index (χ2n) is 11.4. The minimum Gasteiger partial charge on any atom is -0.456 e. The lowest BCUT2D eigenvalue weighted by molar-refractivity contribution is 0.669. The van der Waals surface area contributed by atoms with Crippen LogP contribution in [0.5, 0.6) is 0 Å². The van der Waals surface area contributed by atoms with Crippen LogP contribution in [0.25, 0.3) is 93.4 Å². The van der Waals surface area contributed by atoms with Crippen LogP contribution in [-0.4, -0.2) is 14.5 Å². The number of aromatic nitrogens is 3. The average molecular weight is 562 g/mol. The number of hydrogen-bond donors (Lipinski definition) is 0. The Labute approximate surface area is 251 Å². The topological polar surface area (TPSA) is 43.9 Å². The lowest BCUT2D eigenvalue weighted by Crippen LogP contribution is -2.02. The smallest absolute Gasteiger partial charge is 0.162 e. The van der Waals surface area contributed by atoms with Crippen molar-refractivity contribution in [3.8, 4) is 17.2 Å². The summed E-state index contributed by atoms with van der Waals surface area (Å²) < 4.78 is 8.57. The molecule has 0 radical (unpaired) electrons. The van der Waals surface area contributed by atoms with Gasteiger partial charge < -0.3 is 4.42 Å². The van der Waals surface area contributed by atoms with Crippen LogP contribution in [-0.2, 0) is 0 Å². The highest BCUT2D eigenvalue weighted by molar-refractivity contribution is 6.23. The lowest BCUT2D eigenvalue weighted by atomic mass is 10.0. The van der Waals surface area contributed by atoms with Crippen LogP contribution in [0, 0.1) is 0 Å². The summed E-state index contributed by atoms with van der Waals surface area (Å²) >= 11 is 0. The van der Waals surface area contributed by atoms with Gasteiger partial charge in [-0.1, -0.05) is 91.0 Å². The van der Waals surface area contributed by atoms with Gasteiger partial charge in [-0.2, -0.15) is 0 Å². The second-order valence-corrected chi connectivity index (χ2v) is 11.4. The van der Waals surface area contributed by atoms with E-state index in [9.17, 15) is 0 Å². The summed E-state index contributed by atoms with van der Waals surface area (Å²) in [5.74, 6) is 1.53. The quantitative estimate of drug-likeness (QED) is 0.211. The third-order valence-corrected chi connectivity index (χ3v) is 8.95. The van der Waals surface area contributed by atoms with Crippen molar-refractivity contribution in [3.63, 3.8) is 0 Å². The normalized spacial score (nSPS) is 12.1. The summed E-state index contributed by atoms with van der Waals surface area (Å²) in [5.41, 5.74) is 5.77. The number of fused-ring (bicyclic) bond motifs is 10. The van der Waals surface area contributed by atoms with Crippen LogP contribution in [0.1, 0.15) is 0 Å². The number of para-hydroxylation sites is 2. The van der Waals surface area contributed by atoms with Gasteiger partial charge in [0, 0.05) is 32.5 Å². The molecule has 10 aromatic rings. The fourth-order valence-electron chi connectivity index (χ4n) is 6.93. The number of benzene rings is 7. The molecule has 0 N–H and O–H groups in total. The third-order valence-electron chi connectivity index (χ3n) is 8.95. The molecule has 4 heteroatoms. The number of furan rings is 1. The summed E-state index contributed by atoms with van der Waals surface area (Å²) in [6.07, 6.45) is 0. The molecule has 3 aromatic heterocycles. The summed E-state index contributed by atoms with van der Waals surface area (Å²) in [7, 11) is 0. The van der Waals surface area contributed by atoms with Crippen LogP contribution in [0.3, 0.4) is 0 Å². The monoisotopic (exact) mass is 561 g/mol. The molecule has 4 nitrogen and oxygen atoms in total. The van der Waals surface area contributed by atoms with Crippen molar-refractivity contribution in [3.05, 3.63) is 140 Å². The Morgan fingerprint density at radius 2 is 1.16 bits per heavy atom. The van der Waals surface area contributed by atoms with E-state index < -0.39 is 0 Å². The molecule has 204 valence electrons. The van der Waals surface area contributed by atoms with E-state index in [1.54, 1.807) is 0 Å². The lowest BCUT2D eigenvalue weighted by Gasteiger charge is -2.13. The Morgan fingerprint density at radius 3 is 2.05 bits per heavy atom. The minimum absolute atomic E-state index is 0.664. The van der Waals surface area contributed by atoms with E-state index >= 15 is 0 Å². The predicted octanol–water partition coefficient (Wildman–Crippen LogP) is 10.6. The molecule has 7 aromatic carbocycles. The average Bonchev–Trinajstić information content (AvgIpc) is 3.61. The first-order valence-electron chi connectivity index (χ1n) is 14.8. The molecule has 3 heterocycles. The van der Waals surface area contributed by atoms with E-state index in [1.807, 2.05) is 24.3 Å². The Bertz CT molecular complexity index is 2790. The molecule has 0 aliphatic carbocycles. The Hall–Kier alpha value is -6.00. The van der Waals surface area contributed by atoms with E-state index in [2.05, 4.69) is 120 Å². The molecule has 0 fully saturated rings. The largest absolute Gasteiger partial charge is 0.456 e. The number of hydrogen-bond acceptors (Lipinski definition) is 3. The van der Waals surface area contributed by atoms with Crippen molar-refractivity contribution >= 4 is 76.2 Å². The predicted molar refractivity (Wildman–Crippen MR) is 182 cm³/mol. The van der Waals surface area contributed by atoms with Crippen LogP contribution >= 0.6 is 0 Å². The van der Waals surface area contributed by atoms with Crippen molar-refractivity contribution < 1.29 is 4.42 Å². The zero-order valence-corrected chi connectivity index (χ0v) is 23.5. The summed E-state index contributed by atoms with van der Waals surface area (Å²) in [5, 5.41) is 10.5. The fraction of sp³-hybridized carbons (Fsp3) is 0. The molecule has 0 aliphatic rings. The molecule has 0 aliphatic heterocycles. The highest BCUT2D eigenvalue weighted by atomic mass is 16.3. The van der Waals surface area contributed by atoms with Gasteiger partial charge in [-0.15, -0.1) is 0 Å². The first-order chi connectivity index (χ1) is 21.8. The van der Waals surface area contributed by atoms with Crippen LogP contribution in [0.2, 0.25) is 0 Å². The molecule has 0 amide bonds. The van der Waals surface area contributed by atoms with Crippen LogP contribution in [0.15, 0.2) is 144 Å².